The van der Waals surface area contributed by atoms with Crippen molar-refractivity contribution in [2.24, 2.45) is 0 Å². The maximum absolute atomic E-state index is 4.01. The van der Waals surface area contributed by atoms with Crippen molar-refractivity contribution in [3.8, 4) is 11.1 Å². The lowest BCUT2D eigenvalue weighted by Gasteiger charge is -2.14. The molecule has 2 aromatic rings. The summed E-state index contributed by atoms with van der Waals surface area (Å²) >= 11 is 0. The zero-order valence-electron chi connectivity index (χ0n) is 12.6. The Labute approximate surface area is 122 Å². The van der Waals surface area contributed by atoms with Crippen LogP contribution in [0.1, 0.15) is 30.9 Å². The predicted octanol–water partition coefficient (Wildman–Crippen LogP) is 4.75. The molecule has 0 saturated heterocycles. The fraction of sp³-hybridized carbons (Fsp3) is 0.263. The zero-order chi connectivity index (χ0) is 14.5. The van der Waals surface area contributed by atoms with Crippen molar-refractivity contribution in [3.05, 3.63) is 71.9 Å². The lowest BCUT2D eigenvalue weighted by Crippen LogP contribution is -2.06. The van der Waals surface area contributed by atoms with Gasteiger partial charge in [0, 0.05) is 19.2 Å². The second kappa shape index (κ2) is 6.42. The fourth-order valence-corrected chi connectivity index (χ4v) is 2.45. The molecular weight excluding hydrogens is 242 g/mol. The molecule has 0 heterocycles. The smallest absolute Gasteiger partial charge is 0.0117 e. The van der Waals surface area contributed by atoms with E-state index in [0.29, 0.717) is 5.92 Å². The first-order chi connectivity index (χ1) is 9.61. The number of hydrogen-bond donors (Lipinski definition) is 1. The maximum atomic E-state index is 4.01. The van der Waals surface area contributed by atoms with Crippen LogP contribution >= 0.6 is 0 Å². The molecule has 0 aliphatic rings. The average Bonchev–Trinajstić information content (AvgIpc) is 2.47. The van der Waals surface area contributed by atoms with Crippen molar-refractivity contribution in [1.29, 1.82) is 0 Å². The van der Waals surface area contributed by atoms with E-state index in [4.69, 9.17) is 0 Å². The molecule has 0 aliphatic heterocycles. The second-order valence-corrected chi connectivity index (χ2v) is 5.47. The standard InChI is InChI=1S/C19H23N/c1-14(2)18-10-5-6-11-19(18)17-9-7-8-16(13-17)12-15(3)20-4/h5-11,13-14,20H,3,12H2,1-2,4H3. The molecular formula is C19H23N. The van der Waals surface area contributed by atoms with E-state index >= 15 is 0 Å². The number of hydrogen-bond acceptors (Lipinski definition) is 1. The Morgan fingerprint density at radius 3 is 2.55 bits per heavy atom. The Hall–Kier alpha value is -2.02. The minimum Gasteiger partial charge on any atom is -0.392 e. The molecule has 2 aromatic carbocycles. The summed E-state index contributed by atoms with van der Waals surface area (Å²) in [5, 5.41) is 3.11. The van der Waals surface area contributed by atoms with Gasteiger partial charge in [0.15, 0.2) is 0 Å². The van der Waals surface area contributed by atoms with Gasteiger partial charge in [-0.2, -0.15) is 0 Å². The highest BCUT2D eigenvalue weighted by atomic mass is 14.8. The van der Waals surface area contributed by atoms with Gasteiger partial charge in [-0.3, -0.25) is 0 Å². The molecule has 1 nitrogen and oxygen atoms in total. The Bertz CT molecular complexity index is 596. The first-order valence-electron chi connectivity index (χ1n) is 7.15. The Morgan fingerprint density at radius 1 is 1.10 bits per heavy atom. The van der Waals surface area contributed by atoms with E-state index in [9.17, 15) is 0 Å². The molecule has 0 aromatic heterocycles. The number of nitrogens with one attached hydrogen (secondary N) is 1. The van der Waals surface area contributed by atoms with Gasteiger partial charge in [-0.05, 0) is 28.2 Å². The van der Waals surface area contributed by atoms with Gasteiger partial charge >= 0.3 is 0 Å². The average molecular weight is 265 g/mol. The minimum absolute atomic E-state index is 0.530. The first kappa shape index (κ1) is 14.4. The van der Waals surface area contributed by atoms with Gasteiger partial charge in [-0.15, -0.1) is 0 Å². The number of benzene rings is 2. The van der Waals surface area contributed by atoms with Gasteiger partial charge in [0.25, 0.3) is 0 Å². The van der Waals surface area contributed by atoms with E-state index in [1.54, 1.807) is 0 Å². The molecule has 2 rings (SSSR count). The molecule has 0 radical (unpaired) electrons. The predicted molar refractivity (Wildman–Crippen MR) is 87.9 cm³/mol. The molecule has 0 saturated carbocycles. The van der Waals surface area contributed by atoms with E-state index in [1.807, 2.05) is 7.05 Å². The molecule has 0 spiro atoms. The monoisotopic (exact) mass is 265 g/mol. The number of likely N-dealkylation sites (N-methyl/N-ethyl adjacent to an activating group) is 1. The van der Waals surface area contributed by atoms with Crippen LogP contribution in [0.15, 0.2) is 60.8 Å². The van der Waals surface area contributed by atoms with Crippen LogP contribution in [-0.4, -0.2) is 7.05 Å². The van der Waals surface area contributed by atoms with E-state index in [-0.39, 0.29) is 0 Å². The zero-order valence-corrected chi connectivity index (χ0v) is 12.6. The van der Waals surface area contributed by atoms with E-state index in [1.165, 1.54) is 22.3 Å². The Morgan fingerprint density at radius 2 is 1.85 bits per heavy atom. The number of allylic oxidation sites excluding steroid dienone is 1. The van der Waals surface area contributed by atoms with Crippen LogP contribution in [0.3, 0.4) is 0 Å². The fourth-order valence-electron chi connectivity index (χ4n) is 2.45. The third-order valence-corrected chi connectivity index (χ3v) is 3.59. The van der Waals surface area contributed by atoms with Crippen LogP contribution < -0.4 is 5.32 Å². The van der Waals surface area contributed by atoms with Crippen molar-refractivity contribution < 1.29 is 0 Å². The summed E-state index contributed by atoms with van der Waals surface area (Å²) < 4.78 is 0. The molecule has 0 fully saturated rings. The van der Waals surface area contributed by atoms with Gasteiger partial charge in [-0.25, -0.2) is 0 Å². The normalized spacial score (nSPS) is 10.6. The third kappa shape index (κ3) is 3.30. The first-order valence-corrected chi connectivity index (χ1v) is 7.15. The molecule has 0 bridgehead atoms. The lowest BCUT2D eigenvalue weighted by atomic mass is 9.91. The van der Waals surface area contributed by atoms with Crippen LogP contribution in [0.4, 0.5) is 0 Å². The number of rotatable bonds is 5. The highest BCUT2D eigenvalue weighted by Gasteiger charge is 2.08. The van der Waals surface area contributed by atoms with E-state index in [0.717, 1.165) is 12.1 Å². The van der Waals surface area contributed by atoms with Crippen molar-refractivity contribution in [1.82, 2.24) is 5.32 Å². The summed E-state index contributed by atoms with van der Waals surface area (Å²) in [5.74, 6) is 0.530. The summed E-state index contributed by atoms with van der Waals surface area (Å²) in [6.07, 6.45) is 0.869. The summed E-state index contributed by atoms with van der Waals surface area (Å²) in [7, 11) is 1.92. The minimum atomic E-state index is 0.530. The molecule has 0 atom stereocenters. The van der Waals surface area contributed by atoms with Crippen LogP contribution in [0.2, 0.25) is 0 Å². The maximum Gasteiger partial charge on any atom is 0.0117 e. The van der Waals surface area contributed by atoms with Gasteiger partial charge in [0.1, 0.15) is 0 Å². The van der Waals surface area contributed by atoms with Gasteiger partial charge in [0.2, 0.25) is 0 Å². The molecule has 0 unspecified atom stereocenters. The summed E-state index contributed by atoms with van der Waals surface area (Å²) in [6, 6.07) is 17.4. The second-order valence-electron chi connectivity index (χ2n) is 5.47. The summed E-state index contributed by atoms with van der Waals surface area (Å²) in [5.41, 5.74) is 6.35. The van der Waals surface area contributed by atoms with Crippen LogP contribution in [-0.2, 0) is 6.42 Å². The van der Waals surface area contributed by atoms with Crippen LogP contribution in [0, 0.1) is 0 Å². The van der Waals surface area contributed by atoms with Gasteiger partial charge in [0.05, 0.1) is 0 Å². The largest absolute Gasteiger partial charge is 0.392 e. The highest BCUT2D eigenvalue weighted by Crippen LogP contribution is 2.29. The molecule has 1 heteroatoms. The van der Waals surface area contributed by atoms with Crippen molar-refractivity contribution in [2.45, 2.75) is 26.2 Å². The molecule has 104 valence electrons. The molecule has 0 amide bonds. The Balaban J connectivity index is 2.39. The summed E-state index contributed by atoms with van der Waals surface area (Å²) in [6.45, 7) is 8.49. The van der Waals surface area contributed by atoms with E-state index < -0.39 is 0 Å². The van der Waals surface area contributed by atoms with Crippen LogP contribution in [0.5, 0.6) is 0 Å². The van der Waals surface area contributed by atoms with E-state index in [2.05, 4.69) is 74.3 Å². The highest BCUT2D eigenvalue weighted by molar-refractivity contribution is 5.68. The van der Waals surface area contributed by atoms with Crippen molar-refractivity contribution >= 4 is 0 Å². The lowest BCUT2D eigenvalue weighted by molar-refractivity contribution is 0.869. The Kier molecular flexibility index (Phi) is 4.62. The van der Waals surface area contributed by atoms with Gasteiger partial charge in [-0.1, -0.05) is 69.0 Å². The summed E-state index contributed by atoms with van der Waals surface area (Å²) in [4.78, 5) is 0. The SMILES string of the molecule is C=C(Cc1cccc(-c2ccccc2C(C)C)c1)NC. The van der Waals surface area contributed by atoms with Crippen molar-refractivity contribution in [3.63, 3.8) is 0 Å². The molecule has 1 N–H and O–H groups in total. The topological polar surface area (TPSA) is 12.0 Å². The third-order valence-electron chi connectivity index (χ3n) is 3.59. The van der Waals surface area contributed by atoms with Crippen molar-refractivity contribution in [2.75, 3.05) is 7.05 Å². The van der Waals surface area contributed by atoms with Gasteiger partial charge < -0.3 is 5.32 Å². The quantitative estimate of drug-likeness (QED) is 0.822. The molecule has 20 heavy (non-hydrogen) atoms. The van der Waals surface area contributed by atoms with Crippen LogP contribution in [0.25, 0.3) is 11.1 Å². The molecule has 0 aliphatic carbocycles.